The Balaban J connectivity index is 2.66. The summed E-state index contributed by atoms with van der Waals surface area (Å²) in [7, 11) is 1.88. The molecule has 1 aromatic carbocycles. The Morgan fingerprint density at radius 3 is 2.65 bits per heavy atom. The van der Waals surface area contributed by atoms with E-state index in [9.17, 15) is 0 Å². The lowest BCUT2D eigenvalue weighted by Gasteiger charge is -2.19. The molecule has 92 valence electrons. The zero-order chi connectivity index (χ0) is 12.6. The molecule has 1 aromatic heterocycles. The summed E-state index contributed by atoms with van der Waals surface area (Å²) in [5.74, 6) is 0.728. The van der Waals surface area contributed by atoms with Crippen LogP contribution >= 0.6 is 15.9 Å². The molecule has 0 bridgehead atoms. The number of rotatable bonds is 2. The number of benzene rings is 1. The highest BCUT2D eigenvalue weighted by Gasteiger charge is 2.21. The lowest BCUT2D eigenvalue weighted by atomic mass is 9.86. The van der Waals surface area contributed by atoms with Crippen molar-refractivity contribution in [3.63, 3.8) is 0 Å². The van der Waals surface area contributed by atoms with Gasteiger partial charge in [-0.3, -0.25) is 0 Å². The largest absolute Gasteiger partial charge is 0.439 e. The summed E-state index contributed by atoms with van der Waals surface area (Å²) in [5, 5.41) is 3.05. The van der Waals surface area contributed by atoms with Gasteiger partial charge in [0, 0.05) is 10.0 Å². The predicted octanol–water partition coefficient (Wildman–Crippen LogP) is 3.61. The number of halogens is 1. The second kappa shape index (κ2) is 4.42. The van der Waals surface area contributed by atoms with Crippen molar-refractivity contribution in [2.24, 2.45) is 0 Å². The van der Waals surface area contributed by atoms with E-state index in [2.05, 4.69) is 53.1 Å². The summed E-state index contributed by atoms with van der Waals surface area (Å²) in [5.41, 5.74) is 3.02. The first kappa shape index (κ1) is 12.6. The van der Waals surface area contributed by atoms with Crippen LogP contribution in [0, 0.1) is 0 Å². The molecule has 3 nitrogen and oxygen atoms in total. The van der Waals surface area contributed by atoms with E-state index in [1.54, 1.807) is 0 Å². The van der Waals surface area contributed by atoms with E-state index in [1.807, 2.05) is 13.1 Å². The third-order valence-corrected chi connectivity index (χ3v) is 3.09. The summed E-state index contributed by atoms with van der Waals surface area (Å²) in [4.78, 5) is 4.48. The van der Waals surface area contributed by atoms with Crippen molar-refractivity contribution in [3.8, 4) is 0 Å². The highest BCUT2D eigenvalue weighted by atomic mass is 79.9. The standard InChI is InChI=1S/C13H17BrN2O/c1-13(2,3)9-5-8(14)6-10-12(9)17-11(16-10)7-15-4/h5-6,15H,7H2,1-4H3. The van der Waals surface area contributed by atoms with Gasteiger partial charge in [-0.25, -0.2) is 4.98 Å². The number of oxazole rings is 1. The molecular weight excluding hydrogens is 280 g/mol. The van der Waals surface area contributed by atoms with Crippen molar-refractivity contribution in [2.45, 2.75) is 32.7 Å². The van der Waals surface area contributed by atoms with Crippen LogP contribution < -0.4 is 5.32 Å². The number of nitrogens with one attached hydrogen (secondary N) is 1. The summed E-state index contributed by atoms with van der Waals surface area (Å²) in [6, 6.07) is 4.10. The van der Waals surface area contributed by atoms with Crippen LogP contribution in [0.3, 0.4) is 0 Å². The van der Waals surface area contributed by atoms with Crippen LogP contribution in [0.25, 0.3) is 11.1 Å². The molecule has 1 N–H and O–H groups in total. The van der Waals surface area contributed by atoms with Gasteiger partial charge in [-0.1, -0.05) is 36.7 Å². The minimum Gasteiger partial charge on any atom is -0.439 e. The van der Waals surface area contributed by atoms with Gasteiger partial charge in [-0.2, -0.15) is 0 Å². The second-order valence-corrected chi connectivity index (χ2v) is 6.11. The molecule has 0 amide bonds. The van der Waals surface area contributed by atoms with E-state index in [4.69, 9.17) is 4.42 Å². The topological polar surface area (TPSA) is 38.1 Å². The Kier molecular flexibility index (Phi) is 3.27. The van der Waals surface area contributed by atoms with Crippen LogP contribution in [0.4, 0.5) is 0 Å². The maximum Gasteiger partial charge on any atom is 0.209 e. The fraction of sp³-hybridized carbons (Fsp3) is 0.462. The van der Waals surface area contributed by atoms with Gasteiger partial charge in [0.25, 0.3) is 0 Å². The van der Waals surface area contributed by atoms with Crippen LogP contribution in [0.5, 0.6) is 0 Å². The molecule has 1 heterocycles. The monoisotopic (exact) mass is 296 g/mol. The van der Waals surface area contributed by atoms with E-state index in [0.717, 1.165) is 21.5 Å². The Hall–Kier alpha value is -0.870. The van der Waals surface area contributed by atoms with Crippen LogP contribution in [0.1, 0.15) is 32.2 Å². The third-order valence-electron chi connectivity index (χ3n) is 2.64. The van der Waals surface area contributed by atoms with E-state index in [-0.39, 0.29) is 5.41 Å². The SMILES string of the molecule is CNCc1nc2cc(Br)cc(C(C)(C)C)c2o1. The number of hydrogen-bond acceptors (Lipinski definition) is 3. The maximum absolute atomic E-state index is 5.83. The highest BCUT2D eigenvalue weighted by molar-refractivity contribution is 9.10. The quantitative estimate of drug-likeness (QED) is 0.920. The number of fused-ring (bicyclic) bond motifs is 1. The molecule has 2 aromatic rings. The van der Waals surface area contributed by atoms with Crippen molar-refractivity contribution >= 4 is 27.0 Å². The first-order valence-electron chi connectivity index (χ1n) is 5.66. The summed E-state index contributed by atoms with van der Waals surface area (Å²) in [6.07, 6.45) is 0. The molecule has 0 saturated heterocycles. The van der Waals surface area contributed by atoms with Crippen LogP contribution in [-0.2, 0) is 12.0 Å². The molecular formula is C13H17BrN2O. The molecule has 0 unspecified atom stereocenters. The van der Waals surface area contributed by atoms with Gasteiger partial charge in [0.1, 0.15) is 5.52 Å². The molecule has 0 fully saturated rings. The molecule has 0 aliphatic rings. The predicted molar refractivity (Wildman–Crippen MR) is 73.2 cm³/mol. The second-order valence-electron chi connectivity index (χ2n) is 5.19. The lowest BCUT2D eigenvalue weighted by Crippen LogP contribution is -2.11. The van der Waals surface area contributed by atoms with Crippen LogP contribution in [-0.4, -0.2) is 12.0 Å². The van der Waals surface area contributed by atoms with Gasteiger partial charge >= 0.3 is 0 Å². The van der Waals surface area contributed by atoms with E-state index >= 15 is 0 Å². The number of hydrogen-bond donors (Lipinski definition) is 1. The first-order valence-corrected chi connectivity index (χ1v) is 6.45. The third kappa shape index (κ3) is 2.53. The number of aromatic nitrogens is 1. The molecule has 0 atom stereocenters. The Bertz CT molecular complexity index is 540. The molecule has 4 heteroatoms. The first-order chi connectivity index (χ1) is 7.91. The lowest BCUT2D eigenvalue weighted by molar-refractivity contribution is 0.498. The van der Waals surface area contributed by atoms with Crippen molar-refractivity contribution < 1.29 is 4.42 Å². The fourth-order valence-electron chi connectivity index (χ4n) is 1.83. The minimum absolute atomic E-state index is 0.0402. The van der Waals surface area contributed by atoms with Gasteiger partial charge in [0.05, 0.1) is 6.54 Å². The summed E-state index contributed by atoms with van der Waals surface area (Å²) in [6.45, 7) is 7.17. The molecule has 0 spiro atoms. The van der Waals surface area contributed by atoms with Crippen molar-refractivity contribution in [3.05, 3.63) is 28.1 Å². The van der Waals surface area contributed by atoms with Gasteiger partial charge < -0.3 is 9.73 Å². The zero-order valence-electron chi connectivity index (χ0n) is 10.6. The Labute approximate surface area is 110 Å². The van der Waals surface area contributed by atoms with Gasteiger partial charge in [0.15, 0.2) is 5.58 Å². The molecule has 2 rings (SSSR count). The van der Waals surface area contributed by atoms with Crippen LogP contribution in [0.2, 0.25) is 0 Å². The average Bonchev–Trinajstić information content (AvgIpc) is 2.57. The molecule has 17 heavy (non-hydrogen) atoms. The van der Waals surface area contributed by atoms with Gasteiger partial charge in [-0.05, 0) is 24.6 Å². The molecule has 0 aliphatic heterocycles. The summed E-state index contributed by atoms with van der Waals surface area (Å²) < 4.78 is 6.87. The molecule has 0 aliphatic carbocycles. The zero-order valence-corrected chi connectivity index (χ0v) is 12.2. The summed E-state index contributed by atoms with van der Waals surface area (Å²) >= 11 is 3.53. The van der Waals surface area contributed by atoms with Gasteiger partial charge in [-0.15, -0.1) is 0 Å². The van der Waals surface area contributed by atoms with Gasteiger partial charge in [0.2, 0.25) is 5.89 Å². The Morgan fingerprint density at radius 1 is 1.35 bits per heavy atom. The molecule has 0 radical (unpaired) electrons. The Morgan fingerprint density at radius 2 is 2.06 bits per heavy atom. The van der Waals surface area contributed by atoms with E-state index in [0.29, 0.717) is 6.54 Å². The van der Waals surface area contributed by atoms with Crippen LogP contribution in [0.15, 0.2) is 21.0 Å². The smallest absolute Gasteiger partial charge is 0.209 e. The van der Waals surface area contributed by atoms with Crippen molar-refractivity contribution in [2.75, 3.05) is 7.05 Å². The highest BCUT2D eigenvalue weighted by Crippen LogP contribution is 2.33. The fourth-order valence-corrected chi connectivity index (χ4v) is 2.27. The molecule has 0 saturated carbocycles. The minimum atomic E-state index is 0.0402. The number of nitrogens with zero attached hydrogens (tertiary/aromatic N) is 1. The van der Waals surface area contributed by atoms with Crippen molar-refractivity contribution in [1.82, 2.24) is 10.3 Å². The maximum atomic E-state index is 5.83. The van der Waals surface area contributed by atoms with E-state index in [1.165, 1.54) is 5.56 Å². The average molecular weight is 297 g/mol. The van der Waals surface area contributed by atoms with Crippen molar-refractivity contribution in [1.29, 1.82) is 0 Å². The van der Waals surface area contributed by atoms with E-state index < -0.39 is 0 Å². The normalized spacial score (nSPS) is 12.3.